The van der Waals surface area contributed by atoms with E-state index in [-0.39, 0.29) is 0 Å². The zero-order valence-electron chi connectivity index (χ0n) is 14.2. The van der Waals surface area contributed by atoms with Crippen molar-refractivity contribution in [2.24, 2.45) is 0 Å². The SMILES string of the molecule is CCC.Cc1ccccc1CCc1ccccc1N(C)C. The summed E-state index contributed by atoms with van der Waals surface area (Å²) in [5, 5.41) is 0. The standard InChI is InChI=1S/C17H21N.C3H8/c1-14-8-4-5-9-15(14)12-13-16-10-6-7-11-17(16)18(2)3;1-3-2/h4-11H,12-13H2,1-3H3;3H2,1-2H3. The van der Waals surface area contributed by atoms with Crippen molar-refractivity contribution in [3.63, 3.8) is 0 Å². The van der Waals surface area contributed by atoms with Gasteiger partial charge in [0.15, 0.2) is 0 Å². The maximum absolute atomic E-state index is 2.23. The highest BCUT2D eigenvalue weighted by atomic mass is 15.1. The fraction of sp³-hybridized carbons (Fsp3) is 0.400. The van der Waals surface area contributed by atoms with Gasteiger partial charge in [-0.1, -0.05) is 62.7 Å². The van der Waals surface area contributed by atoms with Crippen molar-refractivity contribution in [1.82, 2.24) is 0 Å². The molecule has 0 unspecified atom stereocenters. The maximum Gasteiger partial charge on any atom is 0.0393 e. The lowest BCUT2D eigenvalue weighted by atomic mass is 9.99. The smallest absolute Gasteiger partial charge is 0.0393 e. The van der Waals surface area contributed by atoms with Crippen LogP contribution in [0.4, 0.5) is 5.69 Å². The van der Waals surface area contributed by atoms with Gasteiger partial charge in [0.05, 0.1) is 0 Å². The van der Waals surface area contributed by atoms with Crippen molar-refractivity contribution in [2.75, 3.05) is 19.0 Å². The Morgan fingerprint density at radius 3 is 1.81 bits per heavy atom. The van der Waals surface area contributed by atoms with Crippen molar-refractivity contribution >= 4 is 5.69 Å². The molecule has 0 fully saturated rings. The Bertz CT molecular complexity index is 529. The summed E-state index contributed by atoms with van der Waals surface area (Å²) in [7, 11) is 4.21. The van der Waals surface area contributed by atoms with E-state index in [1.165, 1.54) is 28.8 Å². The number of anilines is 1. The molecule has 114 valence electrons. The Kier molecular flexibility index (Phi) is 7.60. The molecule has 0 aliphatic rings. The molecule has 1 heteroatoms. The average Bonchev–Trinajstić information content (AvgIpc) is 2.47. The van der Waals surface area contributed by atoms with Crippen LogP contribution in [0.5, 0.6) is 0 Å². The molecule has 0 heterocycles. The minimum Gasteiger partial charge on any atom is -0.377 e. The van der Waals surface area contributed by atoms with Crippen molar-refractivity contribution < 1.29 is 0 Å². The number of aryl methyl sites for hydroxylation is 3. The van der Waals surface area contributed by atoms with E-state index in [4.69, 9.17) is 0 Å². The summed E-state index contributed by atoms with van der Waals surface area (Å²) in [6, 6.07) is 17.3. The van der Waals surface area contributed by atoms with Crippen molar-refractivity contribution in [3.8, 4) is 0 Å². The van der Waals surface area contributed by atoms with Crippen LogP contribution in [-0.2, 0) is 12.8 Å². The molecule has 2 aromatic carbocycles. The highest BCUT2D eigenvalue weighted by molar-refractivity contribution is 5.52. The molecule has 2 rings (SSSR count). The molecular weight excluding hydrogens is 254 g/mol. The first-order valence-electron chi connectivity index (χ1n) is 7.89. The molecule has 0 saturated heterocycles. The van der Waals surface area contributed by atoms with Gasteiger partial charge < -0.3 is 4.90 Å². The van der Waals surface area contributed by atoms with Gasteiger partial charge in [0.2, 0.25) is 0 Å². The first kappa shape index (κ1) is 17.3. The van der Waals surface area contributed by atoms with Gasteiger partial charge in [-0.15, -0.1) is 0 Å². The Labute approximate surface area is 130 Å². The molecule has 0 aromatic heterocycles. The molecule has 2 aromatic rings. The fourth-order valence-corrected chi connectivity index (χ4v) is 2.32. The molecule has 1 nitrogen and oxygen atoms in total. The van der Waals surface area contributed by atoms with Crippen LogP contribution in [0.25, 0.3) is 0 Å². The first-order valence-corrected chi connectivity index (χ1v) is 7.89. The Balaban J connectivity index is 0.000000677. The Morgan fingerprint density at radius 1 is 0.762 bits per heavy atom. The van der Waals surface area contributed by atoms with E-state index in [0.717, 1.165) is 12.8 Å². The summed E-state index contributed by atoms with van der Waals surface area (Å²) in [6.45, 7) is 6.44. The molecular formula is C20H29N. The summed E-state index contributed by atoms with van der Waals surface area (Å²) in [6.07, 6.45) is 3.46. The zero-order chi connectivity index (χ0) is 15.7. The van der Waals surface area contributed by atoms with E-state index in [0.29, 0.717) is 0 Å². The van der Waals surface area contributed by atoms with Gasteiger partial charge in [0.1, 0.15) is 0 Å². The van der Waals surface area contributed by atoms with Crippen LogP contribution in [0.1, 0.15) is 37.0 Å². The third-order valence-electron chi connectivity index (χ3n) is 3.40. The van der Waals surface area contributed by atoms with Crippen LogP contribution in [0.15, 0.2) is 48.5 Å². The molecule has 0 atom stereocenters. The molecule has 0 saturated carbocycles. The fourth-order valence-electron chi connectivity index (χ4n) is 2.32. The van der Waals surface area contributed by atoms with Crippen molar-refractivity contribution in [1.29, 1.82) is 0 Å². The van der Waals surface area contributed by atoms with Crippen LogP contribution >= 0.6 is 0 Å². The van der Waals surface area contributed by atoms with Gasteiger partial charge in [0.25, 0.3) is 0 Å². The van der Waals surface area contributed by atoms with Crippen molar-refractivity contribution in [3.05, 3.63) is 65.2 Å². The zero-order valence-corrected chi connectivity index (χ0v) is 14.2. The molecule has 0 N–H and O–H groups in total. The Hall–Kier alpha value is -1.76. The number of benzene rings is 2. The summed E-state index contributed by atoms with van der Waals surface area (Å²) in [5.41, 5.74) is 5.59. The van der Waals surface area contributed by atoms with Gasteiger partial charge in [-0.3, -0.25) is 0 Å². The molecule has 0 spiro atoms. The molecule has 0 aliphatic heterocycles. The molecule has 0 radical (unpaired) electrons. The topological polar surface area (TPSA) is 3.24 Å². The molecule has 21 heavy (non-hydrogen) atoms. The highest BCUT2D eigenvalue weighted by Crippen LogP contribution is 2.20. The second-order valence-corrected chi connectivity index (χ2v) is 5.66. The van der Waals surface area contributed by atoms with Gasteiger partial charge in [0, 0.05) is 19.8 Å². The number of hydrogen-bond donors (Lipinski definition) is 0. The van der Waals surface area contributed by atoms with E-state index in [1.54, 1.807) is 0 Å². The lowest BCUT2D eigenvalue weighted by Crippen LogP contribution is -2.11. The largest absolute Gasteiger partial charge is 0.377 e. The minimum atomic E-state index is 1.10. The lowest BCUT2D eigenvalue weighted by Gasteiger charge is -2.17. The van der Waals surface area contributed by atoms with Gasteiger partial charge in [-0.05, 0) is 42.5 Å². The van der Waals surface area contributed by atoms with E-state index in [2.05, 4.69) is 88.3 Å². The lowest BCUT2D eigenvalue weighted by molar-refractivity contribution is 0.937. The van der Waals surface area contributed by atoms with Crippen LogP contribution in [0, 0.1) is 6.92 Å². The van der Waals surface area contributed by atoms with Crippen LogP contribution in [0.3, 0.4) is 0 Å². The van der Waals surface area contributed by atoms with Crippen LogP contribution in [0.2, 0.25) is 0 Å². The van der Waals surface area contributed by atoms with E-state index in [9.17, 15) is 0 Å². The number of para-hydroxylation sites is 1. The van der Waals surface area contributed by atoms with Gasteiger partial charge in [-0.25, -0.2) is 0 Å². The Morgan fingerprint density at radius 2 is 1.24 bits per heavy atom. The predicted molar refractivity (Wildman–Crippen MR) is 95.3 cm³/mol. The normalized spacial score (nSPS) is 9.76. The second kappa shape index (κ2) is 9.23. The highest BCUT2D eigenvalue weighted by Gasteiger charge is 2.04. The number of hydrogen-bond acceptors (Lipinski definition) is 1. The second-order valence-electron chi connectivity index (χ2n) is 5.66. The number of rotatable bonds is 4. The maximum atomic E-state index is 2.23. The molecule has 0 bridgehead atoms. The third-order valence-corrected chi connectivity index (χ3v) is 3.40. The first-order chi connectivity index (χ1) is 10.1. The quantitative estimate of drug-likeness (QED) is 0.739. The third kappa shape index (κ3) is 5.63. The number of nitrogens with zero attached hydrogens (tertiary/aromatic N) is 1. The minimum absolute atomic E-state index is 1.10. The van der Waals surface area contributed by atoms with E-state index < -0.39 is 0 Å². The summed E-state index contributed by atoms with van der Waals surface area (Å²) in [4.78, 5) is 2.19. The predicted octanol–water partition coefficient (Wildman–Crippen LogP) is 5.26. The van der Waals surface area contributed by atoms with Crippen LogP contribution in [-0.4, -0.2) is 14.1 Å². The van der Waals surface area contributed by atoms with E-state index in [1.807, 2.05) is 0 Å². The summed E-state index contributed by atoms with van der Waals surface area (Å²) >= 11 is 0. The van der Waals surface area contributed by atoms with Crippen LogP contribution < -0.4 is 4.90 Å². The average molecular weight is 283 g/mol. The molecule has 0 amide bonds. The summed E-state index contributed by atoms with van der Waals surface area (Å²) < 4.78 is 0. The van der Waals surface area contributed by atoms with Crippen molar-refractivity contribution in [2.45, 2.75) is 40.0 Å². The molecule has 0 aliphatic carbocycles. The monoisotopic (exact) mass is 283 g/mol. The van der Waals surface area contributed by atoms with Gasteiger partial charge in [-0.2, -0.15) is 0 Å². The van der Waals surface area contributed by atoms with E-state index >= 15 is 0 Å². The summed E-state index contributed by atoms with van der Waals surface area (Å²) in [5.74, 6) is 0. The van der Waals surface area contributed by atoms with Gasteiger partial charge >= 0.3 is 0 Å².